The molecule has 174 valence electrons. The van der Waals surface area contributed by atoms with E-state index in [1.54, 1.807) is 13.8 Å². The van der Waals surface area contributed by atoms with Gasteiger partial charge in [-0.25, -0.2) is 4.79 Å². The fraction of sp³-hybridized carbons (Fsp3) is 0.880. The lowest BCUT2D eigenvalue weighted by Gasteiger charge is -2.59. The van der Waals surface area contributed by atoms with Crippen LogP contribution in [0.15, 0.2) is 0 Å². The van der Waals surface area contributed by atoms with Crippen molar-refractivity contribution in [1.29, 1.82) is 0 Å². The standard InChI is InChI=1S/C25H38O6/c1-6-24(4,14-23(2,3)21(27)30-19-7-8-29-20(19)26)22(28)31-25(5)17-10-15-9-16(12-17)13-18(25)11-15/h15-19H,6-14H2,1-5H3. The molecule has 1 heterocycles. The number of rotatable bonds is 7. The van der Waals surface area contributed by atoms with Crippen molar-refractivity contribution in [1.82, 2.24) is 0 Å². The number of ether oxygens (including phenoxy) is 3. The Balaban J connectivity index is 1.44. The van der Waals surface area contributed by atoms with Gasteiger partial charge in [0, 0.05) is 6.42 Å². The van der Waals surface area contributed by atoms with Crippen molar-refractivity contribution in [2.45, 2.75) is 97.7 Å². The van der Waals surface area contributed by atoms with Crippen LogP contribution in [0.1, 0.15) is 86.0 Å². The van der Waals surface area contributed by atoms with Crippen molar-refractivity contribution in [3.63, 3.8) is 0 Å². The summed E-state index contributed by atoms with van der Waals surface area (Å²) in [5.74, 6) is 1.37. The molecule has 6 heteroatoms. The Morgan fingerprint density at radius 1 is 1.03 bits per heavy atom. The summed E-state index contributed by atoms with van der Waals surface area (Å²) in [7, 11) is 0. The summed E-state index contributed by atoms with van der Waals surface area (Å²) in [6.45, 7) is 9.85. The molecule has 0 amide bonds. The van der Waals surface area contributed by atoms with Gasteiger partial charge in [-0.3, -0.25) is 9.59 Å². The summed E-state index contributed by atoms with van der Waals surface area (Å²) in [4.78, 5) is 38.1. The molecule has 0 aromatic carbocycles. The van der Waals surface area contributed by atoms with Crippen molar-refractivity contribution in [2.24, 2.45) is 34.5 Å². The summed E-state index contributed by atoms with van der Waals surface area (Å²) in [6, 6.07) is 0. The first-order chi connectivity index (χ1) is 14.5. The lowest BCUT2D eigenvalue weighted by Crippen LogP contribution is -2.59. The maximum atomic E-state index is 13.5. The van der Waals surface area contributed by atoms with Gasteiger partial charge in [-0.05, 0) is 96.3 Å². The first kappa shape index (κ1) is 22.6. The lowest BCUT2D eigenvalue weighted by atomic mass is 9.50. The summed E-state index contributed by atoms with van der Waals surface area (Å²) >= 11 is 0. The summed E-state index contributed by atoms with van der Waals surface area (Å²) in [5.41, 5.74) is -2.10. The molecule has 0 aromatic rings. The van der Waals surface area contributed by atoms with Crippen LogP contribution in [0.2, 0.25) is 0 Å². The SMILES string of the molecule is CCC(C)(CC(C)(C)C(=O)OC1CCOC1=O)C(=O)OC1(C)C2CC3CC(C2)CC1C3. The van der Waals surface area contributed by atoms with Crippen LogP contribution >= 0.6 is 0 Å². The van der Waals surface area contributed by atoms with Gasteiger partial charge < -0.3 is 14.2 Å². The fourth-order valence-corrected chi connectivity index (χ4v) is 6.87. The first-order valence-corrected chi connectivity index (χ1v) is 12.1. The highest BCUT2D eigenvalue weighted by Gasteiger charge is 2.58. The molecule has 0 spiro atoms. The molecular weight excluding hydrogens is 396 g/mol. The Bertz CT molecular complexity index is 727. The van der Waals surface area contributed by atoms with E-state index in [9.17, 15) is 14.4 Å². The van der Waals surface area contributed by atoms with Crippen LogP contribution in [-0.4, -0.2) is 36.2 Å². The van der Waals surface area contributed by atoms with Crippen LogP contribution in [-0.2, 0) is 28.6 Å². The Hall–Kier alpha value is -1.59. The molecule has 5 fully saturated rings. The number of carbonyl (C=O) groups excluding carboxylic acids is 3. The highest BCUT2D eigenvalue weighted by molar-refractivity contribution is 5.84. The van der Waals surface area contributed by atoms with E-state index in [0.29, 0.717) is 31.1 Å². The monoisotopic (exact) mass is 434 g/mol. The van der Waals surface area contributed by atoms with E-state index in [4.69, 9.17) is 14.2 Å². The molecule has 5 aliphatic rings. The van der Waals surface area contributed by atoms with Gasteiger partial charge in [0.15, 0.2) is 0 Å². The number of hydrogen-bond donors (Lipinski definition) is 0. The molecular formula is C25H38O6. The minimum Gasteiger partial charge on any atom is -0.463 e. The van der Waals surface area contributed by atoms with E-state index >= 15 is 0 Å². The summed E-state index contributed by atoms with van der Waals surface area (Å²) < 4.78 is 16.7. The van der Waals surface area contributed by atoms with Gasteiger partial charge in [0.2, 0.25) is 6.10 Å². The number of esters is 3. The molecule has 1 saturated heterocycles. The number of hydrogen-bond acceptors (Lipinski definition) is 6. The average molecular weight is 435 g/mol. The Morgan fingerprint density at radius 3 is 2.10 bits per heavy atom. The van der Waals surface area contributed by atoms with Gasteiger partial charge >= 0.3 is 17.9 Å². The number of cyclic esters (lactones) is 1. The van der Waals surface area contributed by atoms with E-state index in [-0.39, 0.29) is 18.2 Å². The quantitative estimate of drug-likeness (QED) is 0.435. The molecule has 0 aromatic heterocycles. The van der Waals surface area contributed by atoms with Crippen molar-refractivity contribution in [3.05, 3.63) is 0 Å². The highest BCUT2D eigenvalue weighted by Crippen LogP contribution is 2.60. The van der Waals surface area contributed by atoms with Crippen LogP contribution in [0.25, 0.3) is 0 Å². The topological polar surface area (TPSA) is 78.9 Å². The smallest absolute Gasteiger partial charge is 0.347 e. The van der Waals surface area contributed by atoms with E-state index in [1.165, 1.54) is 32.1 Å². The Labute approximate surface area is 185 Å². The van der Waals surface area contributed by atoms with E-state index < -0.39 is 28.9 Å². The summed E-state index contributed by atoms with van der Waals surface area (Å²) in [5, 5.41) is 0. The van der Waals surface area contributed by atoms with Crippen LogP contribution in [0.5, 0.6) is 0 Å². The van der Waals surface area contributed by atoms with Gasteiger partial charge in [0.05, 0.1) is 17.4 Å². The average Bonchev–Trinajstić information content (AvgIpc) is 3.09. The van der Waals surface area contributed by atoms with Crippen molar-refractivity contribution < 1.29 is 28.6 Å². The second-order valence-electron chi connectivity index (χ2n) is 11.7. The molecule has 31 heavy (non-hydrogen) atoms. The van der Waals surface area contributed by atoms with Crippen molar-refractivity contribution >= 4 is 17.9 Å². The minimum absolute atomic E-state index is 0.203. The number of carbonyl (C=O) groups is 3. The molecule has 1 aliphatic heterocycles. The molecule has 4 aliphatic carbocycles. The predicted molar refractivity (Wildman–Crippen MR) is 114 cm³/mol. The third-order valence-corrected chi connectivity index (χ3v) is 8.87. The molecule has 4 saturated carbocycles. The van der Waals surface area contributed by atoms with Crippen LogP contribution < -0.4 is 0 Å². The molecule has 4 bridgehead atoms. The van der Waals surface area contributed by atoms with Gasteiger partial charge in [0.1, 0.15) is 5.60 Å². The maximum Gasteiger partial charge on any atom is 0.347 e. The van der Waals surface area contributed by atoms with E-state index in [2.05, 4.69) is 6.92 Å². The van der Waals surface area contributed by atoms with E-state index in [0.717, 1.165) is 11.8 Å². The maximum absolute atomic E-state index is 13.5. The second-order valence-corrected chi connectivity index (χ2v) is 11.7. The Morgan fingerprint density at radius 2 is 1.61 bits per heavy atom. The lowest BCUT2D eigenvalue weighted by molar-refractivity contribution is -0.213. The molecule has 2 atom stereocenters. The second kappa shape index (κ2) is 7.77. The van der Waals surface area contributed by atoms with Gasteiger partial charge in [0.25, 0.3) is 0 Å². The van der Waals surface area contributed by atoms with Crippen LogP contribution in [0, 0.1) is 34.5 Å². The third-order valence-electron chi connectivity index (χ3n) is 8.87. The fourth-order valence-electron chi connectivity index (χ4n) is 6.87. The Kier molecular flexibility index (Phi) is 5.66. The van der Waals surface area contributed by atoms with Gasteiger partial charge in [-0.15, -0.1) is 0 Å². The van der Waals surface area contributed by atoms with Crippen molar-refractivity contribution in [2.75, 3.05) is 6.61 Å². The van der Waals surface area contributed by atoms with Gasteiger partial charge in [-0.2, -0.15) is 0 Å². The molecule has 6 nitrogen and oxygen atoms in total. The molecule has 0 N–H and O–H groups in total. The zero-order valence-corrected chi connectivity index (χ0v) is 19.7. The van der Waals surface area contributed by atoms with Gasteiger partial charge in [-0.1, -0.05) is 6.92 Å². The molecule has 0 radical (unpaired) electrons. The molecule has 5 rings (SSSR count). The van der Waals surface area contributed by atoms with E-state index in [1.807, 2.05) is 13.8 Å². The van der Waals surface area contributed by atoms with Crippen LogP contribution in [0.4, 0.5) is 0 Å². The third kappa shape index (κ3) is 4.00. The largest absolute Gasteiger partial charge is 0.463 e. The zero-order chi connectivity index (χ0) is 22.6. The first-order valence-electron chi connectivity index (χ1n) is 12.1. The van der Waals surface area contributed by atoms with Crippen molar-refractivity contribution in [3.8, 4) is 0 Å². The predicted octanol–water partition coefficient (Wildman–Crippen LogP) is 4.44. The normalized spacial score (nSPS) is 38.5. The summed E-state index contributed by atoms with van der Waals surface area (Å²) in [6.07, 6.45) is 6.50. The molecule has 2 unspecified atom stereocenters. The minimum atomic E-state index is -0.919. The zero-order valence-electron chi connectivity index (χ0n) is 19.7. The highest BCUT2D eigenvalue weighted by atomic mass is 16.6. The van der Waals surface area contributed by atoms with Crippen LogP contribution in [0.3, 0.4) is 0 Å².